The number of rotatable bonds is 24. The van der Waals surface area contributed by atoms with Crippen molar-refractivity contribution in [2.45, 2.75) is 229 Å². The first-order chi connectivity index (χ1) is 24.7. The van der Waals surface area contributed by atoms with Gasteiger partial charge in [0.25, 0.3) is 0 Å². The van der Waals surface area contributed by atoms with Gasteiger partial charge in [-0.25, -0.2) is 8.62 Å². The van der Waals surface area contributed by atoms with Gasteiger partial charge in [-0.1, -0.05) is 168 Å². The summed E-state index contributed by atoms with van der Waals surface area (Å²) in [5.74, 6) is 0. The van der Waals surface area contributed by atoms with E-state index in [1.807, 2.05) is 0 Å². The molecule has 0 aromatic heterocycles. The zero-order chi connectivity index (χ0) is 38.2. The molecule has 4 atom stereocenters. The van der Waals surface area contributed by atoms with E-state index in [0.717, 1.165) is 103 Å². The molecule has 3 rings (SSSR count). The molecular formula is C36H78N2O12P4. The molecule has 10 N–H and O–H groups in total. The zero-order valence-corrected chi connectivity index (χ0v) is 37.0. The van der Waals surface area contributed by atoms with Crippen LogP contribution in [0.4, 0.5) is 0 Å². The van der Waals surface area contributed by atoms with Crippen molar-refractivity contribution in [3.05, 3.63) is 0 Å². The molecule has 1 saturated heterocycles. The van der Waals surface area contributed by atoms with Crippen LogP contribution in [0.25, 0.3) is 0 Å². The first-order valence-electron chi connectivity index (χ1n) is 21.0. The third-order valence-electron chi connectivity index (χ3n) is 11.7. The number of nitrogens with one attached hydrogen (secondary N) is 2. The highest BCUT2D eigenvalue weighted by Crippen LogP contribution is 2.90. The van der Waals surface area contributed by atoms with E-state index in [0.29, 0.717) is 38.5 Å². The molecule has 14 nitrogen and oxygen atoms in total. The van der Waals surface area contributed by atoms with Gasteiger partial charge in [0, 0.05) is 12.1 Å². The maximum Gasteiger partial charge on any atom is 0.367 e. The maximum atomic E-state index is 14.7. The van der Waals surface area contributed by atoms with Gasteiger partial charge in [0.1, 0.15) is 0 Å². The summed E-state index contributed by atoms with van der Waals surface area (Å²) in [4.78, 5) is 47.5. The van der Waals surface area contributed by atoms with E-state index >= 15 is 0 Å². The predicted octanol–water partition coefficient (Wildman–Crippen LogP) is 10.1. The average molecular weight is 855 g/mol. The van der Waals surface area contributed by atoms with Crippen molar-refractivity contribution >= 4 is 30.4 Å². The summed E-state index contributed by atoms with van der Waals surface area (Å²) in [7, 11) is -22.3. The van der Waals surface area contributed by atoms with Crippen molar-refractivity contribution in [3.63, 3.8) is 0 Å². The number of hydrogen-bond donors (Lipinski definition) is 6. The lowest BCUT2D eigenvalue weighted by Gasteiger charge is -2.49. The van der Waals surface area contributed by atoms with E-state index in [-0.39, 0.29) is 23.8 Å². The van der Waals surface area contributed by atoms with Crippen LogP contribution in [0.15, 0.2) is 0 Å². The van der Waals surface area contributed by atoms with E-state index in [9.17, 15) is 37.8 Å². The van der Waals surface area contributed by atoms with Crippen LogP contribution in [0.2, 0.25) is 0 Å². The highest BCUT2D eigenvalue weighted by Gasteiger charge is 2.75. The molecule has 324 valence electrons. The predicted molar refractivity (Wildman–Crippen MR) is 218 cm³/mol. The molecule has 2 saturated carbocycles. The third-order valence-corrected chi connectivity index (χ3v) is 23.4. The second-order valence-electron chi connectivity index (χ2n) is 16.0. The number of unbranched alkanes of at least 4 members (excludes halogenated alkanes) is 16. The van der Waals surface area contributed by atoms with Gasteiger partial charge in [0.15, 0.2) is 0 Å². The molecule has 0 radical (unpaired) electrons. The fourth-order valence-electron chi connectivity index (χ4n) is 8.44. The van der Waals surface area contributed by atoms with E-state index in [4.69, 9.17) is 8.62 Å². The average Bonchev–Trinajstić information content (AvgIpc) is 3.08. The molecule has 0 amide bonds. The van der Waals surface area contributed by atoms with Crippen molar-refractivity contribution in [1.82, 2.24) is 10.6 Å². The topological polar surface area (TPSA) is 255 Å². The minimum absolute atomic E-state index is 0. The van der Waals surface area contributed by atoms with E-state index in [1.165, 1.54) is 25.7 Å². The molecule has 18 heteroatoms. The van der Waals surface area contributed by atoms with Crippen LogP contribution in [0.1, 0.15) is 206 Å². The maximum absolute atomic E-state index is 14.7. The van der Waals surface area contributed by atoms with Gasteiger partial charge in [0.05, 0.1) is 0 Å². The van der Waals surface area contributed by atoms with Crippen LogP contribution in [-0.4, -0.2) is 52.7 Å². The highest BCUT2D eigenvalue weighted by molar-refractivity contribution is 7.86. The molecule has 3 aliphatic rings. The van der Waals surface area contributed by atoms with Gasteiger partial charge in [-0.05, 0) is 38.5 Å². The standard InChI is InChI=1S/C36H74N2O10P4.2H2O/c1-3-5-7-9-11-13-15-17-25-31-35(37-33-27-21-19-22-28-33)49(39,40)47-51(43,44)36(38-34-29-23-20-24-30-34,52(45,46)48-50(35,41)42)32-26-18-16-14-12-10-8-6-4-2;;/h33-34,37-38H,3-32H2,1-2H3,(H,39,40)(H,41,42)(H,43,44)(H,45,46);2*1H2. The summed E-state index contributed by atoms with van der Waals surface area (Å²) in [5, 5.41) is 0.395. The summed E-state index contributed by atoms with van der Waals surface area (Å²) in [5.41, 5.74) is 0. The minimum Gasteiger partial charge on any atom is -0.412 e. The van der Waals surface area contributed by atoms with Crippen molar-refractivity contribution < 1.29 is 57.4 Å². The van der Waals surface area contributed by atoms with Crippen LogP contribution in [0.3, 0.4) is 0 Å². The van der Waals surface area contributed by atoms with Gasteiger partial charge in [-0.15, -0.1) is 0 Å². The Kier molecular flexibility index (Phi) is 24.5. The van der Waals surface area contributed by atoms with Crippen LogP contribution in [-0.2, 0) is 26.9 Å². The lowest BCUT2D eigenvalue weighted by atomic mass is 9.95. The first-order valence-corrected chi connectivity index (χ1v) is 27.3. The van der Waals surface area contributed by atoms with Crippen LogP contribution in [0.5, 0.6) is 0 Å². The fourth-order valence-corrected chi connectivity index (χ4v) is 20.0. The van der Waals surface area contributed by atoms with Gasteiger partial charge < -0.3 is 30.5 Å². The molecule has 2 aliphatic carbocycles. The monoisotopic (exact) mass is 854 g/mol. The molecule has 0 aromatic rings. The number of hydrogen-bond acceptors (Lipinski definition) is 8. The Morgan fingerprint density at radius 2 is 0.685 bits per heavy atom. The smallest absolute Gasteiger partial charge is 0.367 e. The second kappa shape index (κ2) is 25.2. The molecule has 3 fully saturated rings. The molecule has 1 aliphatic heterocycles. The molecule has 54 heavy (non-hydrogen) atoms. The Bertz CT molecular complexity index is 1100. The molecule has 4 unspecified atom stereocenters. The lowest BCUT2D eigenvalue weighted by Crippen LogP contribution is -2.55. The summed E-state index contributed by atoms with van der Waals surface area (Å²) >= 11 is 0. The van der Waals surface area contributed by atoms with E-state index in [1.54, 1.807) is 0 Å². The summed E-state index contributed by atoms with van der Waals surface area (Å²) < 4.78 is 69.6. The van der Waals surface area contributed by atoms with Crippen LogP contribution in [0, 0.1) is 0 Å². The van der Waals surface area contributed by atoms with Gasteiger partial charge >= 0.3 is 30.4 Å². The highest BCUT2D eigenvalue weighted by atomic mass is 31.3. The Morgan fingerprint density at radius 3 is 0.944 bits per heavy atom. The molecule has 0 bridgehead atoms. The van der Waals surface area contributed by atoms with Crippen molar-refractivity contribution in [2.24, 2.45) is 0 Å². The Labute approximate surface area is 326 Å². The third kappa shape index (κ3) is 14.4. The molecule has 1 heterocycles. The van der Waals surface area contributed by atoms with Crippen molar-refractivity contribution in [1.29, 1.82) is 0 Å². The SMILES string of the molecule is CCCCCCCCCCCC1(NC2CCCCC2)P(=O)(O)OP(=O)(O)C(CCCCCCCCCCC)(NC2CCCCC2)P(=O)(O)OP1(=O)O.O.O. The Hall–Kier alpha value is 0.520. The first kappa shape index (κ1) is 52.5. The van der Waals surface area contributed by atoms with Crippen LogP contribution < -0.4 is 10.6 Å². The van der Waals surface area contributed by atoms with Crippen molar-refractivity contribution in [3.8, 4) is 0 Å². The minimum atomic E-state index is -5.57. The normalized spacial score (nSPS) is 34.0. The largest absolute Gasteiger partial charge is 0.412 e. The van der Waals surface area contributed by atoms with E-state index < -0.39 is 65.4 Å². The van der Waals surface area contributed by atoms with Gasteiger partial charge in [-0.2, -0.15) is 0 Å². The molecule has 0 aromatic carbocycles. The van der Waals surface area contributed by atoms with Crippen LogP contribution >= 0.6 is 30.4 Å². The Morgan fingerprint density at radius 1 is 0.444 bits per heavy atom. The quantitative estimate of drug-likeness (QED) is 0.0392. The summed E-state index contributed by atoms with van der Waals surface area (Å²) in [6, 6.07) is -0.966. The van der Waals surface area contributed by atoms with Gasteiger partial charge in [0.2, 0.25) is 10.0 Å². The molecule has 0 spiro atoms. The fraction of sp³-hybridized carbons (Fsp3) is 1.00. The van der Waals surface area contributed by atoms with Crippen molar-refractivity contribution in [2.75, 3.05) is 0 Å². The summed E-state index contributed by atoms with van der Waals surface area (Å²) in [6.45, 7) is 4.33. The second-order valence-corrected chi connectivity index (χ2v) is 25.2. The zero-order valence-electron chi connectivity index (χ0n) is 33.4. The van der Waals surface area contributed by atoms with E-state index in [2.05, 4.69) is 24.5 Å². The molecular weight excluding hydrogens is 776 g/mol. The lowest BCUT2D eigenvalue weighted by molar-refractivity contribution is 0.206. The van der Waals surface area contributed by atoms with Gasteiger partial charge in [-0.3, -0.25) is 28.9 Å². The Balaban J connectivity index is 0.00000729. The summed E-state index contributed by atoms with van der Waals surface area (Å²) in [6.07, 6.45) is 22.8.